The zero-order valence-corrected chi connectivity index (χ0v) is 41.3. The van der Waals surface area contributed by atoms with Crippen LogP contribution in [-0.4, -0.2) is 59.6 Å². The highest BCUT2D eigenvalue weighted by atomic mass is 17.2. The molecule has 0 unspecified atom stereocenters. The smallest absolute Gasteiger partial charge is 0.431 e. The molecule has 0 radical (unpaired) electrons. The molecule has 70 heavy (non-hydrogen) atoms. The van der Waals surface area contributed by atoms with Crippen molar-refractivity contribution in [3.05, 3.63) is 129 Å². The normalized spacial score (nSPS) is 10.9. The summed E-state index contributed by atoms with van der Waals surface area (Å²) in [6, 6.07) is 19.1. The third kappa shape index (κ3) is 16.3. The highest BCUT2D eigenvalue weighted by molar-refractivity contribution is 6.18. The Hall–Kier alpha value is -6.96. The largest absolute Gasteiger partial charge is 0.514 e. The zero-order chi connectivity index (χ0) is 51.0. The second kappa shape index (κ2) is 29.2. The summed E-state index contributed by atoms with van der Waals surface area (Å²) < 4.78 is 21.9. The Morgan fingerprint density at radius 3 is 1.09 bits per heavy atom. The van der Waals surface area contributed by atoms with Gasteiger partial charge in [0.25, 0.3) is 0 Å². The molecule has 14 heteroatoms. The van der Waals surface area contributed by atoms with Gasteiger partial charge in [0, 0.05) is 35.1 Å². The molecule has 0 aromatic heterocycles. The second-order valence-corrected chi connectivity index (χ2v) is 16.9. The Morgan fingerprint density at radius 1 is 0.400 bits per heavy atom. The monoisotopic (exact) mass is 962 g/mol. The van der Waals surface area contributed by atoms with Crippen molar-refractivity contribution in [2.45, 2.75) is 156 Å². The van der Waals surface area contributed by atoms with E-state index in [4.69, 9.17) is 28.7 Å². The number of carbonyl (C=O) groups excluding carboxylic acids is 8. The zero-order valence-electron chi connectivity index (χ0n) is 41.3. The molecule has 0 spiro atoms. The lowest BCUT2D eigenvalue weighted by Crippen LogP contribution is -2.21. The molecule has 0 saturated heterocycles. The lowest BCUT2D eigenvalue weighted by atomic mass is 9.94. The first-order valence-electron chi connectivity index (χ1n) is 24.6. The molecule has 0 saturated carbocycles. The molecule has 0 aliphatic rings. The van der Waals surface area contributed by atoms with Gasteiger partial charge in [-0.05, 0) is 87.1 Å². The Balaban J connectivity index is 1.62. The molecule has 4 rings (SSSR count). The predicted octanol–water partition coefficient (Wildman–Crippen LogP) is 13.6. The van der Waals surface area contributed by atoms with Gasteiger partial charge in [-0.25, -0.2) is 29.0 Å². The Morgan fingerprint density at radius 2 is 0.743 bits per heavy atom. The molecule has 4 aromatic carbocycles. The Kier molecular flexibility index (Phi) is 23.2. The van der Waals surface area contributed by atoms with E-state index in [1.165, 1.54) is 84.9 Å². The van der Waals surface area contributed by atoms with Gasteiger partial charge in [0.05, 0.1) is 22.3 Å². The van der Waals surface area contributed by atoms with Crippen LogP contribution in [0.25, 0.3) is 0 Å². The molecular formula is C56H66O14. The van der Waals surface area contributed by atoms with E-state index < -0.39 is 48.0 Å². The van der Waals surface area contributed by atoms with E-state index >= 15 is 0 Å². The molecule has 0 aliphatic heterocycles. The van der Waals surface area contributed by atoms with Crippen LogP contribution in [0.2, 0.25) is 0 Å². The summed E-state index contributed by atoms with van der Waals surface area (Å²) in [6.07, 6.45) is 8.70. The van der Waals surface area contributed by atoms with Gasteiger partial charge in [0.15, 0.2) is 23.1 Å². The highest BCUT2D eigenvalue weighted by Gasteiger charge is 2.29. The van der Waals surface area contributed by atoms with Gasteiger partial charge in [-0.3, -0.25) is 19.2 Å². The first-order chi connectivity index (χ1) is 33.8. The van der Waals surface area contributed by atoms with Crippen molar-refractivity contribution in [1.82, 2.24) is 0 Å². The number of ketones is 4. The molecule has 0 heterocycles. The fourth-order valence-electron chi connectivity index (χ4n) is 7.59. The molecule has 0 atom stereocenters. The van der Waals surface area contributed by atoms with Gasteiger partial charge in [-0.15, -0.1) is 0 Å². The van der Waals surface area contributed by atoms with Crippen molar-refractivity contribution < 1.29 is 67.1 Å². The van der Waals surface area contributed by atoms with E-state index in [1.54, 1.807) is 0 Å². The minimum Gasteiger partial charge on any atom is -0.431 e. The van der Waals surface area contributed by atoms with E-state index in [-0.39, 0.29) is 80.4 Å². The fraction of sp³-hybridized carbons (Fsp3) is 0.429. The number of Topliss-reactive ketones (excluding diaryl/α,β-unsaturated/α-hetero) is 2. The number of unbranched alkanes of at least 4 members (excludes halogenated alkanes) is 8. The van der Waals surface area contributed by atoms with E-state index in [2.05, 4.69) is 13.8 Å². The molecule has 0 N–H and O–H groups in total. The summed E-state index contributed by atoms with van der Waals surface area (Å²) in [4.78, 5) is 119. The van der Waals surface area contributed by atoms with Crippen molar-refractivity contribution in [1.29, 1.82) is 0 Å². The molecular weight excluding hydrogens is 897 g/mol. The maximum atomic E-state index is 14.4. The SMILES string of the molecule is CCCCCCCC(=O)c1ccc(OC(=O)OC(CC)CC)c(C(=O)c2ccccc2C(=O)OOC(=O)c2ccccc2C(=O)c2cc(C(=O)CCCCCCC)ccc2OC(=O)OC(CC)CC)c1. The number of carbonyl (C=O) groups is 8. The quantitative estimate of drug-likeness (QED) is 0.0130. The topological polar surface area (TPSA) is 192 Å². The lowest BCUT2D eigenvalue weighted by molar-refractivity contribution is -0.187. The average Bonchev–Trinajstić information content (AvgIpc) is 3.38. The van der Waals surface area contributed by atoms with E-state index in [0.717, 1.165) is 51.4 Å². The number of hydrogen-bond acceptors (Lipinski definition) is 14. The van der Waals surface area contributed by atoms with Crippen LogP contribution >= 0.6 is 0 Å². The van der Waals surface area contributed by atoms with Gasteiger partial charge in [0.1, 0.15) is 23.7 Å². The third-order valence-electron chi connectivity index (χ3n) is 11.8. The van der Waals surface area contributed by atoms with Crippen molar-refractivity contribution >= 4 is 47.4 Å². The van der Waals surface area contributed by atoms with E-state index in [1.807, 2.05) is 27.7 Å². The average molecular weight is 963 g/mol. The van der Waals surface area contributed by atoms with E-state index in [0.29, 0.717) is 38.5 Å². The third-order valence-corrected chi connectivity index (χ3v) is 11.8. The van der Waals surface area contributed by atoms with Crippen LogP contribution in [-0.2, 0) is 19.2 Å². The molecule has 374 valence electrons. The van der Waals surface area contributed by atoms with Crippen molar-refractivity contribution in [3.63, 3.8) is 0 Å². The molecule has 0 aliphatic carbocycles. The Labute approximate surface area is 410 Å². The van der Waals surface area contributed by atoms with Crippen molar-refractivity contribution in [3.8, 4) is 11.5 Å². The molecule has 0 amide bonds. The number of rotatable bonds is 28. The van der Waals surface area contributed by atoms with Gasteiger partial charge >= 0.3 is 24.2 Å². The number of benzene rings is 4. The predicted molar refractivity (Wildman–Crippen MR) is 262 cm³/mol. The summed E-state index contributed by atoms with van der Waals surface area (Å²) >= 11 is 0. The lowest BCUT2D eigenvalue weighted by Gasteiger charge is -2.16. The Bertz CT molecular complexity index is 2280. The van der Waals surface area contributed by atoms with Crippen LogP contribution in [0.3, 0.4) is 0 Å². The molecule has 0 fully saturated rings. The summed E-state index contributed by atoms with van der Waals surface area (Å²) in [5.41, 5.74) is -1.23. The summed E-state index contributed by atoms with van der Waals surface area (Å²) in [7, 11) is 0. The molecule has 0 bridgehead atoms. The summed E-state index contributed by atoms with van der Waals surface area (Å²) in [5.74, 6) is -5.09. The van der Waals surface area contributed by atoms with Gasteiger partial charge in [-0.1, -0.05) is 129 Å². The van der Waals surface area contributed by atoms with Gasteiger partial charge in [-0.2, -0.15) is 0 Å². The molecule has 14 nitrogen and oxygen atoms in total. The number of hydrogen-bond donors (Lipinski definition) is 0. The minimum atomic E-state index is -1.27. The fourth-order valence-corrected chi connectivity index (χ4v) is 7.59. The first kappa shape index (κ1) is 55.6. The van der Waals surface area contributed by atoms with Crippen LogP contribution in [0.15, 0.2) is 84.9 Å². The van der Waals surface area contributed by atoms with Crippen LogP contribution in [0.5, 0.6) is 11.5 Å². The summed E-state index contributed by atoms with van der Waals surface area (Å²) in [6.45, 7) is 11.6. The summed E-state index contributed by atoms with van der Waals surface area (Å²) in [5, 5.41) is 0. The maximum absolute atomic E-state index is 14.4. The standard InChI is InChI=1S/C56H66O14/c1-7-13-15-17-19-29-47(57)37-31-33-49(67-55(63)65-39(9-3)10-4)45(35-37)51(59)41-25-21-23-27-43(41)53(61)69-70-54(62)44-28-24-22-26-42(44)52(60)46-36-38(48(58)30-20-18-16-14-8-2)32-34-50(46)68-56(64)66-40(11-5)12-6/h21-28,31-36,39-40H,7-20,29-30H2,1-6H3. The van der Waals surface area contributed by atoms with Gasteiger partial charge < -0.3 is 18.9 Å². The second-order valence-electron chi connectivity index (χ2n) is 16.9. The van der Waals surface area contributed by atoms with Gasteiger partial charge in [0.2, 0.25) is 0 Å². The molecule has 4 aromatic rings. The van der Waals surface area contributed by atoms with E-state index in [9.17, 15) is 38.4 Å². The van der Waals surface area contributed by atoms with Crippen molar-refractivity contribution in [2.75, 3.05) is 0 Å². The number of ether oxygens (including phenoxy) is 4. The van der Waals surface area contributed by atoms with Crippen LogP contribution in [0, 0.1) is 0 Å². The highest BCUT2D eigenvalue weighted by Crippen LogP contribution is 2.30. The first-order valence-corrected chi connectivity index (χ1v) is 24.6. The van der Waals surface area contributed by atoms with Crippen LogP contribution < -0.4 is 9.47 Å². The maximum Gasteiger partial charge on any atom is 0.514 e. The van der Waals surface area contributed by atoms with Crippen LogP contribution in [0.1, 0.15) is 218 Å². The minimum absolute atomic E-state index is 0.193. The van der Waals surface area contributed by atoms with Crippen LogP contribution in [0.4, 0.5) is 9.59 Å². The van der Waals surface area contributed by atoms with Crippen molar-refractivity contribution in [2.24, 2.45) is 0 Å².